The summed E-state index contributed by atoms with van der Waals surface area (Å²) in [6, 6.07) is 3.25. The van der Waals surface area contributed by atoms with Crippen molar-refractivity contribution in [2.24, 2.45) is 0 Å². The Morgan fingerprint density at radius 3 is 3.06 bits per heavy atom. The molecule has 0 spiro atoms. The van der Waals surface area contributed by atoms with Gasteiger partial charge in [0.25, 0.3) is 0 Å². The molecule has 2 aromatic rings. The minimum atomic E-state index is -0.923. The van der Waals surface area contributed by atoms with E-state index in [4.69, 9.17) is 9.84 Å². The van der Waals surface area contributed by atoms with E-state index >= 15 is 0 Å². The summed E-state index contributed by atoms with van der Waals surface area (Å²) in [5.74, 6) is -0.440. The second-order valence-electron chi connectivity index (χ2n) is 2.94. The van der Waals surface area contributed by atoms with E-state index in [0.29, 0.717) is 15.9 Å². The molecule has 0 aliphatic rings. The van der Waals surface area contributed by atoms with Crippen LogP contribution in [-0.2, 0) is 0 Å². The topological polar surface area (TPSA) is 72.3 Å². The van der Waals surface area contributed by atoms with E-state index in [0.717, 1.165) is 4.90 Å². The smallest absolute Gasteiger partial charge is 0.345 e. The molecule has 0 amide bonds. The van der Waals surface area contributed by atoms with Crippen molar-refractivity contribution in [1.82, 2.24) is 9.97 Å². The van der Waals surface area contributed by atoms with E-state index in [1.54, 1.807) is 23.7 Å². The van der Waals surface area contributed by atoms with Gasteiger partial charge in [0, 0.05) is 22.5 Å². The van der Waals surface area contributed by atoms with Gasteiger partial charge in [0.05, 0.1) is 7.11 Å². The highest BCUT2D eigenvalue weighted by Gasteiger charge is 2.09. The highest BCUT2D eigenvalue weighted by molar-refractivity contribution is 7.99. The van der Waals surface area contributed by atoms with Gasteiger partial charge in [-0.25, -0.2) is 9.78 Å². The van der Waals surface area contributed by atoms with Gasteiger partial charge >= 0.3 is 5.97 Å². The third-order valence-corrected chi connectivity index (χ3v) is 3.73. The first-order chi connectivity index (χ1) is 8.19. The molecule has 7 heteroatoms. The Morgan fingerprint density at radius 1 is 1.59 bits per heavy atom. The van der Waals surface area contributed by atoms with Crippen LogP contribution < -0.4 is 4.74 Å². The third-order valence-electron chi connectivity index (χ3n) is 1.81. The monoisotopic (exact) mass is 268 g/mol. The average Bonchev–Trinajstić information content (AvgIpc) is 2.78. The maximum absolute atomic E-state index is 10.7. The minimum absolute atomic E-state index is 0.301. The fourth-order valence-corrected chi connectivity index (χ4v) is 2.73. The molecule has 0 radical (unpaired) electrons. The molecular formula is C10H8N2O3S2. The van der Waals surface area contributed by atoms with Crippen molar-refractivity contribution in [3.63, 3.8) is 0 Å². The maximum Gasteiger partial charge on any atom is 0.345 e. The van der Waals surface area contributed by atoms with Gasteiger partial charge in [-0.3, -0.25) is 0 Å². The van der Waals surface area contributed by atoms with Crippen LogP contribution in [0.4, 0.5) is 0 Å². The van der Waals surface area contributed by atoms with Crippen molar-refractivity contribution in [3.05, 3.63) is 28.6 Å². The normalized spacial score (nSPS) is 10.2. The SMILES string of the molecule is COc1ccnc(Sc2csc(C(=O)O)c2)n1. The van der Waals surface area contributed by atoms with Crippen molar-refractivity contribution in [3.8, 4) is 5.88 Å². The Kier molecular flexibility index (Phi) is 3.60. The van der Waals surface area contributed by atoms with E-state index in [-0.39, 0.29) is 0 Å². The summed E-state index contributed by atoms with van der Waals surface area (Å²) in [5, 5.41) is 11.1. The molecule has 0 unspecified atom stereocenters. The number of rotatable bonds is 4. The zero-order chi connectivity index (χ0) is 12.3. The average molecular weight is 268 g/mol. The predicted octanol–water partition coefficient (Wildman–Crippen LogP) is 2.40. The molecular weight excluding hydrogens is 260 g/mol. The minimum Gasteiger partial charge on any atom is -0.481 e. The van der Waals surface area contributed by atoms with Crippen LogP contribution in [0.5, 0.6) is 5.88 Å². The van der Waals surface area contributed by atoms with Gasteiger partial charge in [0.2, 0.25) is 5.88 Å². The van der Waals surface area contributed by atoms with Crippen LogP contribution in [-0.4, -0.2) is 28.2 Å². The number of hydrogen-bond acceptors (Lipinski definition) is 6. The number of methoxy groups -OCH3 is 1. The zero-order valence-electron chi connectivity index (χ0n) is 8.78. The molecule has 2 aromatic heterocycles. The van der Waals surface area contributed by atoms with Crippen LogP contribution in [0.1, 0.15) is 9.67 Å². The Labute approximate surface area is 105 Å². The van der Waals surface area contributed by atoms with Crippen LogP contribution in [0.3, 0.4) is 0 Å². The second-order valence-corrected chi connectivity index (χ2v) is 4.89. The third kappa shape index (κ3) is 2.95. The Morgan fingerprint density at radius 2 is 2.41 bits per heavy atom. The Bertz CT molecular complexity index is 542. The highest BCUT2D eigenvalue weighted by Crippen LogP contribution is 2.29. The standard InChI is InChI=1S/C10H8N2O3S2/c1-15-8-2-3-11-10(12-8)17-6-4-7(9(13)14)16-5-6/h2-5H,1H3,(H,13,14). The molecule has 2 rings (SSSR count). The van der Waals surface area contributed by atoms with Gasteiger partial charge in [-0.15, -0.1) is 11.3 Å². The quantitative estimate of drug-likeness (QED) is 0.858. The summed E-state index contributed by atoms with van der Waals surface area (Å²) >= 11 is 2.48. The van der Waals surface area contributed by atoms with Crippen LogP contribution in [0.25, 0.3) is 0 Å². The Balaban J connectivity index is 2.16. The molecule has 1 N–H and O–H groups in total. The summed E-state index contributed by atoms with van der Waals surface area (Å²) in [5.41, 5.74) is 0. The molecule has 0 bridgehead atoms. The van der Waals surface area contributed by atoms with Crippen LogP contribution in [0.2, 0.25) is 0 Å². The fourth-order valence-electron chi connectivity index (χ4n) is 1.08. The largest absolute Gasteiger partial charge is 0.481 e. The predicted molar refractivity (Wildman–Crippen MR) is 64.0 cm³/mol. The van der Waals surface area contributed by atoms with Crippen molar-refractivity contribution in [2.45, 2.75) is 10.1 Å². The molecule has 0 aromatic carbocycles. The van der Waals surface area contributed by atoms with Crippen molar-refractivity contribution in [1.29, 1.82) is 0 Å². The number of carboxylic acid groups (broad SMARTS) is 1. The number of aromatic nitrogens is 2. The number of nitrogens with zero attached hydrogens (tertiary/aromatic N) is 2. The van der Waals surface area contributed by atoms with E-state index in [1.165, 1.54) is 30.2 Å². The molecule has 0 fully saturated rings. The lowest BCUT2D eigenvalue weighted by atomic mass is 10.5. The van der Waals surface area contributed by atoms with Gasteiger partial charge in [-0.05, 0) is 17.8 Å². The summed E-state index contributed by atoms with van der Waals surface area (Å²) in [7, 11) is 1.53. The van der Waals surface area contributed by atoms with Crippen LogP contribution in [0.15, 0.2) is 33.8 Å². The van der Waals surface area contributed by atoms with Crippen LogP contribution >= 0.6 is 23.1 Å². The summed E-state index contributed by atoms with van der Waals surface area (Å²) in [4.78, 5) is 20.0. The van der Waals surface area contributed by atoms with E-state index in [1.807, 2.05) is 0 Å². The number of carbonyl (C=O) groups is 1. The van der Waals surface area contributed by atoms with Crippen molar-refractivity contribution < 1.29 is 14.6 Å². The number of hydrogen-bond donors (Lipinski definition) is 1. The number of ether oxygens (including phenoxy) is 1. The Hall–Kier alpha value is -1.60. The van der Waals surface area contributed by atoms with E-state index in [2.05, 4.69) is 9.97 Å². The molecule has 5 nitrogen and oxygen atoms in total. The number of thiophene rings is 1. The summed E-state index contributed by atoms with van der Waals surface area (Å²) in [6.45, 7) is 0. The molecule has 0 saturated carbocycles. The summed E-state index contributed by atoms with van der Waals surface area (Å²) in [6.07, 6.45) is 1.60. The van der Waals surface area contributed by atoms with Gasteiger partial charge < -0.3 is 9.84 Å². The van der Waals surface area contributed by atoms with Gasteiger partial charge in [0.1, 0.15) is 4.88 Å². The first-order valence-corrected chi connectivity index (χ1v) is 6.25. The highest BCUT2D eigenvalue weighted by atomic mass is 32.2. The summed E-state index contributed by atoms with van der Waals surface area (Å²) < 4.78 is 4.98. The van der Waals surface area contributed by atoms with E-state index in [9.17, 15) is 4.79 Å². The lowest BCUT2D eigenvalue weighted by molar-refractivity contribution is 0.0702. The first kappa shape index (κ1) is 11.9. The van der Waals surface area contributed by atoms with Gasteiger partial charge in [-0.1, -0.05) is 0 Å². The van der Waals surface area contributed by atoms with Gasteiger partial charge in [0.15, 0.2) is 5.16 Å². The molecule has 0 aliphatic carbocycles. The molecule has 2 heterocycles. The molecule has 0 aliphatic heterocycles. The molecule has 0 atom stereocenters. The lowest BCUT2D eigenvalue weighted by Crippen LogP contribution is -1.91. The van der Waals surface area contributed by atoms with E-state index < -0.39 is 5.97 Å². The fraction of sp³-hybridized carbons (Fsp3) is 0.100. The second kappa shape index (κ2) is 5.15. The van der Waals surface area contributed by atoms with Crippen LogP contribution in [0, 0.1) is 0 Å². The van der Waals surface area contributed by atoms with Gasteiger partial charge in [-0.2, -0.15) is 4.98 Å². The first-order valence-electron chi connectivity index (χ1n) is 4.56. The maximum atomic E-state index is 10.7. The number of aromatic carboxylic acids is 1. The molecule has 0 saturated heterocycles. The van der Waals surface area contributed by atoms with Crippen molar-refractivity contribution in [2.75, 3.05) is 7.11 Å². The molecule has 88 valence electrons. The lowest BCUT2D eigenvalue weighted by Gasteiger charge is -2.00. The molecule has 17 heavy (non-hydrogen) atoms. The number of carboxylic acids is 1. The van der Waals surface area contributed by atoms with Crippen molar-refractivity contribution >= 4 is 29.1 Å². The zero-order valence-corrected chi connectivity index (χ0v) is 10.4.